The molecule has 3 amide bonds. The summed E-state index contributed by atoms with van der Waals surface area (Å²) in [5.74, 6) is -1.16. The number of amides is 3. The van der Waals surface area contributed by atoms with Gasteiger partial charge >= 0.3 is 12.2 Å². The second-order valence-electron chi connectivity index (χ2n) is 9.09. The molecule has 1 aromatic rings. The van der Waals surface area contributed by atoms with Crippen molar-refractivity contribution < 1.29 is 22.8 Å². The number of likely N-dealkylation sites (N-methyl/N-ethyl adjacent to an activating group) is 1. The average Bonchev–Trinajstić information content (AvgIpc) is 3.03. The molecule has 194 valence electrons. The van der Waals surface area contributed by atoms with Crippen LogP contribution in [0.4, 0.5) is 28.7 Å². The lowest BCUT2D eigenvalue weighted by molar-refractivity contribution is -0.135. The molecule has 1 aliphatic rings. The average molecular weight is 507 g/mol. The van der Waals surface area contributed by atoms with Gasteiger partial charge < -0.3 is 27.0 Å². The van der Waals surface area contributed by atoms with E-state index in [1.54, 1.807) is 0 Å². The number of alkyl halides is 3. The molecule has 12 heteroatoms. The highest BCUT2D eigenvalue weighted by atomic mass is 32.1. The molecule has 0 bridgehead atoms. The third-order valence-electron chi connectivity index (χ3n) is 5.91. The quantitative estimate of drug-likeness (QED) is 0.367. The first-order valence-electron chi connectivity index (χ1n) is 11.6. The highest BCUT2D eigenvalue weighted by molar-refractivity contribution is 7.16. The van der Waals surface area contributed by atoms with Crippen LogP contribution in [0.15, 0.2) is 0 Å². The zero-order chi connectivity index (χ0) is 25.5. The van der Waals surface area contributed by atoms with E-state index in [1.165, 1.54) is 11.3 Å². The Morgan fingerprint density at radius 1 is 1.24 bits per heavy atom. The maximum atomic E-state index is 13.4. The van der Waals surface area contributed by atoms with Gasteiger partial charge in [0, 0.05) is 31.1 Å². The number of nitrogens with one attached hydrogen (secondary N) is 2. The van der Waals surface area contributed by atoms with E-state index in [0.717, 1.165) is 28.2 Å². The van der Waals surface area contributed by atoms with E-state index < -0.39 is 30.6 Å². The van der Waals surface area contributed by atoms with Crippen molar-refractivity contribution in [3.63, 3.8) is 0 Å². The van der Waals surface area contributed by atoms with Crippen molar-refractivity contribution in [1.29, 1.82) is 0 Å². The normalized spacial score (nSPS) is 16.9. The number of rotatable bonds is 11. The first kappa shape index (κ1) is 28.2. The Labute approximate surface area is 203 Å². The number of hydrogen-bond acceptors (Lipinski definition) is 7. The molecule has 2 rings (SSSR count). The third-order valence-corrected chi connectivity index (χ3v) is 7.05. The van der Waals surface area contributed by atoms with Crippen molar-refractivity contribution in [3.8, 4) is 0 Å². The predicted octanol–water partition coefficient (Wildman–Crippen LogP) is 2.69. The number of thiophene rings is 1. The van der Waals surface area contributed by atoms with Crippen molar-refractivity contribution in [3.05, 3.63) is 10.4 Å². The van der Waals surface area contributed by atoms with Crippen molar-refractivity contribution >= 4 is 34.0 Å². The molecule has 0 spiro atoms. The summed E-state index contributed by atoms with van der Waals surface area (Å²) in [6, 6.07) is -0.518. The van der Waals surface area contributed by atoms with Crippen molar-refractivity contribution in [2.24, 2.45) is 11.8 Å². The van der Waals surface area contributed by atoms with Crippen molar-refractivity contribution in [2.75, 3.05) is 58.3 Å². The lowest BCUT2D eigenvalue weighted by Gasteiger charge is -2.30. The smallest absolute Gasteiger partial charge is 0.396 e. The molecule has 2 atom stereocenters. The highest BCUT2D eigenvalue weighted by Gasteiger charge is 2.34. The fraction of sp³-hybridized carbons (Fsp3) is 0.727. The SMILES string of the molecule is CCCN(C(=O)NCCN(C)C)C(=O)[C@@H](CNCC(F)(F)F)C[C@H]1CCc2sc(N)c(N)c2C1. The van der Waals surface area contributed by atoms with Crippen LogP contribution < -0.4 is 22.1 Å². The molecular weight excluding hydrogens is 469 g/mol. The zero-order valence-electron chi connectivity index (χ0n) is 20.1. The molecule has 1 heterocycles. The first-order valence-corrected chi connectivity index (χ1v) is 12.4. The fourth-order valence-corrected chi connectivity index (χ4v) is 5.24. The molecule has 6 N–H and O–H groups in total. The van der Waals surface area contributed by atoms with Gasteiger partial charge in [0.1, 0.15) is 5.00 Å². The fourth-order valence-electron chi connectivity index (χ4n) is 4.20. The lowest BCUT2D eigenvalue weighted by atomic mass is 9.81. The molecule has 1 aliphatic carbocycles. The summed E-state index contributed by atoms with van der Waals surface area (Å²) >= 11 is 1.47. The van der Waals surface area contributed by atoms with E-state index in [4.69, 9.17) is 11.5 Å². The lowest BCUT2D eigenvalue weighted by Crippen LogP contribution is -2.50. The minimum atomic E-state index is -4.39. The Morgan fingerprint density at radius 2 is 1.94 bits per heavy atom. The standard InChI is InChI=1S/C22H37F3N6O2S/c1-4-8-31(21(33)29-7-9-30(2)3)20(32)15(12-28-13-22(23,24)25)10-14-5-6-17-16(11-14)18(26)19(27)34-17/h14-15,28H,4-13,26-27H2,1-3H3,(H,29,33)/t14-,15-/m1/s1. The number of nitrogen functional groups attached to an aromatic ring is 2. The number of carbonyl (C=O) groups excluding carboxylic acids is 2. The summed E-state index contributed by atoms with van der Waals surface area (Å²) in [6.45, 7) is 1.66. The molecule has 0 unspecified atom stereocenters. The second kappa shape index (κ2) is 12.6. The molecule has 0 aliphatic heterocycles. The summed E-state index contributed by atoms with van der Waals surface area (Å²) in [7, 11) is 3.74. The van der Waals surface area contributed by atoms with Crippen molar-refractivity contribution in [2.45, 2.75) is 45.2 Å². The Balaban J connectivity index is 2.14. The molecular formula is C22H37F3N6O2S. The maximum absolute atomic E-state index is 13.4. The molecule has 0 aromatic carbocycles. The van der Waals surface area contributed by atoms with Crippen LogP contribution in [0.1, 0.15) is 36.6 Å². The summed E-state index contributed by atoms with van der Waals surface area (Å²) in [4.78, 5) is 30.3. The number of carbonyl (C=O) groups is 2. The molecule has 34 heavy (non-hydrogen) atoms. The van der Waals surface area contributed by atoms with E-state index in [9.17, 15) is 22.8 Å². The van der Waals surface area contributed by atoms with Gasteiger partial charge in [0.15, 0.2) is 0 Å². The summed E-state index contributed by atoms with van der Waals surface area (Å²) in [5.41, 5.74) is 13.6. The van der Waals surface area contributed by atoms with E-state index in [2.05, 4.69) is 10.6 Å². The number of urea groups is 1. The van der Waals surface area contributed by atoms with E-state index in [1.807, 2.05) is 25.9 Å². The van der Waals surface area contributed by atoms with Crippen LogP contribution in [0.5, 0.6) is 0 Å². The highest BCUT2D eigenvalue weighted by Crippen LogP contribution is 2.41. The predicted molar refractivity (Wildman–Crippen MR) is 130 cm³/mol. The zero-order valence-corrected chi connectivity index (χ0v) is 21.0. The minimum Gasteiger partial charge on any atom is -0.396 e. The van der Waals surface area contributed by atoms with Gasteiger partial charge in [-0.3, -0.25) is 9.69 Å². The van der Waals surface area contributed by atoms with Crippen LogP contribution in [0, 0.1) is 11.8 Å². The van der Waals surface area contributed by atoms with Crippen LogP contribution in [-0.4, -0.2) is 74.7 Å². The molecule has 0 radical (unpaired) electrons. The summed E-state index contributed by atoms with van der Waals surface area (Å²) in [6.07, 6.45) is -1.29. The van der Waals surface area contributed by atoms with Gasteiger partial charge in [0.2, 0.25) is 5.91 Å². The van der Waals surface area contributed by atoms with Gasteiger partial charge in [0.25, 0.3) is 0 Å². The van der Waals surface area contributed by atoms with Gasteiger partial charge in [-0.1, -0.05) is 6.92 Å². The Hall–Kier alpha value is -2.05. The minimum absolute atomic E-state index is 0.0608. The van der Waals surface area contributed by atoms with Gasteiger partial charge in [-0.25, -0.2) is 4.79 Å². The second-order valence-corrected chi connectivity index (χ2v) is 10.2. The monoisotopic (exact) mass is 506 g/mol. The van der Waals surface area contributed by atoms with E-state index in [0.29, 0.717) is 43.0 Å². The van der Waals surface area contributed by atoms with Gasteiger partial charge in [0.05, 0.1) is 18.2 Å². The van der Waals surface area contributed by atoms with E-state index >= 15 is 0 Å². The number of fused-ring (bicyclic) bond motifs is 1. The van der Waals surface area contributed by atoms with Gasteiger partial charge in [-0.2, -0.15) is 13.2 Å². The summed E-state index contributed by atoms with van der Waals surface area (Å²) in [5, 5.41) is 5.69. The number of nitrogens with two attached hydrogens (primary N) is 2. The molecule has 0 saturated carbocycles. The number of imide groups is 1. The molecule has 0 fully saturated rings. The Kier molecular flexibility index (Phi) is 10.4. The maximum Gasteiger partial charge on any atom is 0.401 e. The van der Waals surface area contributed by atoms with E-state index in [-0.39, 0.29) is 19.0 Å². The Bertz CT molecular complexity index is 830. The molecule has 1 aromatic heterocycles. The van der Waals surface area contributed by atoms with Crippen LogP contribution >= 0.6 is 11.3 Å². The number of nitrogens with zero attached hydrogens (tertiary/aromatic N) is 2. The van der Waals surface area contributed by atoms with Crippen LogP contribution in [-0.2, 0) is 17.6 Å². The molecule has 8 nitrogen and oxygen atoms in total. The van der Waals surface area contributed by atoms with Crippen molar-refractivity contribution in [1.82, 2.24) is 20.4 Å². The number of hydrogen-bond donors (Lipinski definition) is 4. The van der Waals surface area contributed by atoms with Crippen LogP contribution in [0.3, 0.4) is 0 Å². The topological polar surface area (TPSA) is 117 Å². The van der Waals surface area contributed by atoms with Gasteiger partial charge in [-0.05, 0) is 57.7 Å². The summed E-state index contributed by atoms with van der Waals surface area (Å²) < 4.78 is 38.2. The molecule has 0 saturated heterocycles. The Morgan fingerprint density at radius 3 is 2.56 bits per heavy atom. The number of aryl methyl sites for hydroxylation is 1. The third kappa shape index (κ3) is 8.31. The number of anilines is 2. The number of halogens is 3. The van der Waals surface area contributed by atoms with Gasteiger partial charge in [-0.15, -0.1) is 11.3 Å². The van der Waals surface area contributed by atoms with Crippen LogP contribution in [0.2, 0.25) is 0 Å². The van der Waals surface area contributed by atoms with Crippen LogP contribution in [0.25, 0.3) is 0 Å². The first-order chi connectivity index (χ1) is 15.9. The largest absolute Gasteiger partial charge is 0.401 e.